The summed E-state index contributed by atoms with van der Waals surface area (Å²) in [6.07, 6.45) is 2.78. The summed E-state index contributed by atoms with van der Waals surface area (Å²) in [6, 6.07) is 15.3. The first kappa shape index (κ1) is 21.9. The maximum Gasteiger partial charge on any atom is 0.275 e. The van der Waals surface area contributed by atoms with Gasteiger partial charge in [0.2, 0.25) is 0 Å². The molecule has 32 heavy (non-hydrogen) atoms. The SMILES string of the molecule is CCN1c2cc(C)c(/C=N/NC(=O)c3cc4ccccc4cc3O)cc2C(C)CC1(C)C. The molecule has 0 bridgehead atoms. The van der Waals surface area contributed by atoms with E-state index in [0.29, 0.717) is 5.92 Å². The molecule has 1 atom stereocenters. The van der Waals surface area contributed by atoms with Gasteiger partial charge >= 0.3 is 0 Å². The lowest BCUT2D eigenvalue weighted by Gasteiger charge is -2.47. The molecule has 0 fully saturated rings. The van der Waals surface area contributed by atoms with E-state index in [2.05, 4.69) is 62.2 Å². The van der Waals surface area contributed by atoms with E-state index >= 15 is 0 Å². The minimum absolute atomic E-state index is 0.0579. The Morgan fingerprint density at radius 1 is 1.22 bits per heavy atom. The summed E-state index contributed by atoms with van der Waals surface area (Å²) in [5, 5.41) is 16.2. The Kier molecular flexibility index (Phi) is 5.68. The number of nitrogens with one attached hydrogen (secondary N) is 1. The standard InChI is InChI=1S/C27H31N3O2/c1-6-30-24-11-17(2)21(13-22(24)18(3)15-27(30,4)5)16-28-29-26(32)23-12-19-9-7-8-10-20(19)14-25(23)31/h7-14,16,18,31H,6,15H2,1-5H3,(H,29,32)/b28-16+. The normalized spacial score (nSPS) is 17.5. The maximum atomic E-state index is 12.6. The molecule has 5 heteroatoms. The summed E-state index contributed by atoms with van der Waals surface area (Å²) in [5.74, 6) is -0.0514. The van der Waals surface area contributed by atoms with Gasteiger partial charge in [-0.2, -0.15) is 5.10 Å². The van der Waals surface area contributed by atoms with Crippen molar-refractivity contribution in [2.75, 3.05) is 11.4 Å². The fraction of sp³-hybridized carbons (Fsp3) is 0.333. The van der Waals surface area contributed by atoms with Crippen molar-refractivity contribution >= 4 is 28.6 Å². The molecule has 1 aliphatic rings. The molecule has 5 nitrogen and oxygen atoms in total. The van der Waals surface area contributed by atoms with Crippen LogP contribution < -0.4 is 10.3 Å². The lowest BCUT2D eigenvalue weighted by Crippen LogP contribution is -2.48. The summed E-state index contributed by atoms with van der Waals surface area (Å²) in [6.45, 7) is 12.1. The third-order valence-electron chi connectivity index (χ3n) is 6.57. The van der Waals surface area contributed by atoms with Crippen LogP contribution in [0.5, 0.6) is 5.75 Å². The summed E-state index contributed by atoms with van der Waals surface area (Å²) >= 11 is 0. The zero-order valence-electron chi connectivity index (χ0n) is 19.4. The fourth-order valence-corrected chi connectivity index (χ4v) is 5.02. The number of aromatic hydroxyl groups is 1. The number of phenols is 1. The Morgan fingerprint density at radius 3 is 2.59 bits per heavy atom. The summed E-state index contributed by atoms with van der Waals surface area (Å²) in [4.78, 5) is 15.1. The number of carbonyl (C=O) groups is 1. The highest BCUT2D eigenvalue weighted by molar-refractivity contribution is 6.01. The van der Waals surface area contributed by atoms with E-state index in [0.717, 1.165) is 34.9 Å². The molecule has 1 unspecified atom stereocenters. The van der Waals surface area contributed by atoms with E-state index in [1.807, 2.05) is 24.3 Å². The highest BCUT2D eigenvalue weighted by atomic mass is 16.3. The molecule has 4 rings (SSSR count). The van der Waals surface area contributed by atoms with Crippen molar-refractivity contribution in [2.45, 2.75) is 52.5 Å². The Labute approximate surface area is 189 Å². The molecule has 0 saturated carbocycles. The van der Waals surface area contributed by atoms with Crippen molar-refractivity contribution in [3.05, 3.63) is 70.8 Å². The summed E-state index contributed by atoms with van der Waals surface area (Å²) < 4.78 is 0. The first-order valence-electron chi connectivity index (χ1n) is 11.2. The minimum atomic E-state index is -0.438. The molecule has 1 aliphatic heterocycles. The van der Waals surface area contributed by atoms with Crippen LogP contribution in [-0.4, -0.2) is 29.3 Å². The van der Waals surface area contributed by atoms with Crippen LogP contribution in [0, 0.1) is 6.92 Å². The molecular weight excluding hydrogens is 398 g/mol. The first-order valence-corrected chi connectivity index (χ1v) is 11.2. The van der Waals surface area contributed by atoms with Crippen molar-refractivity contribution in [3.8, 4) is 5.75 Å². The van der Waals surface area contributed by atoms with E-state index in [-0.39, 0.29) is 16.9 Å². The molecule has 1 amide bonds. The molecule has 166 valence electrons. The number of anilines is 1. The highest BCUT2D eigenvalue weighted by Crippen LogP contribution is 2.44. The number of rotatable bonds is 4. The van der Waals surface area contributed by atoms with E-state index < -0.39 is 5.91 Å². The molecule has 0 aromatic heterocycles. The van der Waals surface area contributed by atoms with Gasteiger partial charge in [0.1, 0.15) is 5.75 Å². The minimum Gasteiger partial charge on any atom is -0.507 e. The molecule has 0 aliphatic carbocycles. The van der Waals surface area contributed by atoms with Crippen LogP contribution in [0.4, 0.5) is 5.69 Å². The number of carbonyl (C=O) groups excluding carboxylic acids is 1. The van der Waals surface area contributed by atoms with Gasteiger partial charge in [0.05, 0.1) is 11.8 Å². The van der Waals surface area contributed by atoms with Gasteiger partial charge in [0.15, 0.2) is 0 Å². The van der Waals surface area contributed by atoms with Crippen molar-refractivity contribution in [1.29, 1.82) is 0 Å². The van der Waals surface area contributed by atoms with E-state index in [4.69, 9.17) is 0 Å². The van der Waals surface area contributed by atoms with Gasteiger partial charge in [0.25, 0.3) is 5.91 Å². The third-order valence-corrected chi connectivity index (χ3v) is 6.57. The number of hydrogen-bond donors (Lipinski definition) is 2. The smallest absolute Gasteiger partial charge is 0.275 e. The van der Waals surface area contributed by atoms with Gasteiger partial charge in [-0.25, -0.2) is 5.43 Å². The van der Waals surface area contributed by atoms with Crippen molar-refractivity contribution < 1.29 is 9.90 Å². The molecule has 1 heterocycles. The predicted octanol–water partition coefficient (Wildman–Crippen LogP) is 5.73. The van der Waals surface area contributed by atoms with Crippen molar-refractivity contribution in [2.24, 2.45) is 5.10 Å². The average molecular weight is 430 g/mol. The van der Waals surface area contributed by atoms with Gasteiger partial charge in [-0.3, -0.25) is 4.79 Å². The van der Waals surface area contributed by atoms with Crippen LogP contribution in [0.15, 0.2) is 53.6 Å². The molecule has 0 radical (unpaired) electrons. The Balaban J connectivity index is 1.58. The van der Waals surface area contributed by atoms with Crippen LogP contribution in [0.1, 0.15) is 67.1 Å². The lowest BCUT2D eigenvalue weighted by atomic mass is 9.79. The second-order valence-electron chi connectivity index (χ2n) is 9.35. The average Bonchev–Trinajstić information content (AvgIpc) is 2.73. The number of amides is 1. The van der Waals surface area contributed by atoms with Crippen molar-refractivity contribution in [3.63, 3.8) is 0 Å². The number of aryl methyl sites for hydroxylation is 1. The highest BCUT2D eigenvalue weighted by Gasteiger charge is 2.35. The number of phenolic OH excluding ortho intramolecular Hbond substituents is 1. The quantitative estimate of drug-likeness (QED) is 0.411. The van der Waals surface area contributed by atoms with E-state index in [1.165, 1.54) is 11.3 Å². The molecule has 0 saturated heterocycles. The van der Waals surface area contributed by atoms with E-state index in [1.54, 1.807) is 18.3 Å². The van der Waals surface area contributed by atoms with E-state index in [9.17, 15) is 9.90 Å². The van der Waals surface area contributed by atoms with Gasteiger partial charge < -0.3 is 10.0 Å². The Hall–Kier alpha value is -3.34. The summed E-state index contributed by atoms with van der Waals surface area (Å²) in [5.41, 5.74) is 7.59. The molecule has 2 N–H and O–H groups in total. The Bertz CT molecular complexity index is 1210. The maximum absolute atomic E-state index is 12.6. The summed E-state index contributed by atoms with van der Waals surface area (Å²) in [7, 11) is 0. The monoisotopic (exact) mass is 429 g/mol. The number of hydrogen-bond acceptors (Lipinski definition) is 4. The Morgan fingerprint density at radius 2 is 1.91 bits per heavy atom. The third kappa shape index (κ3) is 3.95. The molecular formula is C27H31N3O2. The van der Waals surface area contributed by atoms with Crippen LogP contribution in [-0.2, 0) is 0 Å². The van der Waals surface area contributed by atoms with Gasteiger partial charge in [-0.1, -0.05) is 31.2 Å². The molecule has 3 aromatic rings. The first-order chi connectivity index (χ1) is 15.2. The molecule has 0 spiro atoms. The van der Waals surface area contributed by atoms with Crippen LogP contribution in [0.2, 0.25) is 0 Å². The zero-order valence-corrected chi connectivity index (χ0v) is 19.4. The number of hydrazone groups is 1. The van der Waals surface area contributed by atoms with Crippen LogP contribution >= 0.6 is 0 Å². The fourth-order valence-electron chi connectivity index (χ4n) is 5.02. The van der Waals surface area contributed by atoms with Crippen molar-refractivity contribution in [1.82, 2.24) is 5.43 Å². The second-order valence-corrected chi connectivity index (χ2v) is 9.35. The van der Waals surface area contributed by atoms with Gasteiger partial charge in [-0.05, 0) is 91.8 Å². The number of fused-ring (bicyclic) bond motifs is 2. The number of nitrogens with zero attached hydrogens (tertiary/aromatic N) is 2. The van der Waals surface area contributed by atoms with Gasteiger partial charge in [-0.15, -0.1) is 0 Å². The zero-order chi connectivity index (χ0) is 23.0. The van der Waals surface area contributed by atoms with Gasteiger partial charge in [0, 0.05) is 17.8 Å². The van der Waals surface area contributed by atoms with Crippen LogP contribution in [0.25, 0.3) is 10.8 Å². The molecule has 3 aromatic carbocycles. The largest absolute Gasteiger partial charge is 0.507 e. The topological polar surface area (TPSA) is 64.9 Å². The number of benzene rings is 3. The second kappa shape index (κ2) is 8.30. The predicted molar refractivity (Wildman–Crippen MR) is 132 cm³/mol. The lowest BCUT2D eigenvalue weighted by molar-refractivity contribution is 0.0952. The van der Waals surface area contributed by atoms with Crippen LogP contribution in [0.3, 0.4) is 0 Å².